The molecule has 0 atom stereocenters. The van der Waals surface area contributed by atoms with Crippen molar-refractivity contribution >= 4 is 28.5 Å². The van der Waals surface area contributed by atoms with E-state index in [4.69, 9.17) is 11.6 Å². The molecule has 1 N–H and O–H groups in total. The van der Waals surface area contributed by atoms with Gasteiger partial charge in [-0.25, -0.2) is 4.79 Å². The van der Waals surface area contributed by atoms with Gasteiger partial charge in [-0.3, -0.25) is 0 Å². The Kier molecular flexibility index (Phi) is 5.28. The van der Waals surface area contributed by atoms with Crippen molar-refractivity contribution in [3.8, 4) is 0 Å². The van der Waals surface area contributed by atoms with Gasteiger partial charge >= 0.3 is 5.97 Å². The molecule has 2 rings (SSSR count). The first-order chi connectivity index (χ1) is 10.1. The maximum absolute atomic E-state index is 11.1. The highest BCUT2D eigenvalue weighted by molar-refractivity contribution is 6.31. The maximum atomic E-state index is 11.1. The molecule has 0 unspecified atom stereocenters. The number of hydrogen-bond acceptors (Lipinski definition) is 3. The minimum absolute atomic E-state index is 0.340. The van der Waals surface area contributed by atoms with Gasteiger partial charge in [0, 0.05) is 47.5 Å². The molecule has 1 heterocycles. The van der Waals surface area contributed by atoms with E-state index in [-0.39, 0.29) is 5.97 Å². The molecule has 0 bridgehead atoms. The average molecular weight is 307 g/mol. The number of nitrogens with one attached hydrogen (secondary N) is 1. The molecule has 1 aromatic heterocycles. The summed E-state index contributed by atoms with van der Waals surface area (Å²) in [7, 11) is 1.37. The minimum Gasteiger partial charge on any atom is -0.466 e. The zero-order chi connectivity index (χ0) is 15.2. The number of esters is 1. The molecule has 0 fully saturated rings. The van der Waals surface area contributed by atoms with Crippen LogP contribution in [0.1, 0.15) is 12.5 Å². The fourth-order valence-electron chi connectivity index (χ4n) is 2.19. The molecular formula is C16H19ClN2O2. The predicted octanol–water partition coefficient (Wildman–Crippen LogP) is 3.37. The maximum Gasteiger partial charge on any atom is 0.331 e. The highest BCUT2D eigenvalue weighted by Crippen LogP contribution is 2.22. The lowest BCUT2D eigenvalue weighted by atomic mass is 10.1. The number of halogens is 1. The Morgan fingerprint density at radius 1 is 1.48 bits per heavy atom. The predicted molar refractivity (Wildman–Crippen MR) is 85.4 cm³/mol. The smallest absolute Gasteiger partial charge is 0.331 e. The summed E-state index contributed by atoms with van der Waals surface area (Å²) in [5.41, 5.74) is 2.31. The fraction of sp³-hybridized carbons (Fsp3) is 0.312. The average Bonchev–Trinajstić information content (AvgIpc) is 2.89. The molecule has 0 saturated carbocycles. The van der Waals surface area contributed by atoms with E-state index in [2.05, 4.69) is 14.6 Å². The number of benzene rings is 1. The Labute approximate surface area is 129 Å². The van der Waals surface area contributed by atoms with Gasteiger partial charge in [-0.2, -0.15) is 0 Å². The van der Waals surface area contributed by atoms with Crippen LogP contribution in [0.5, 0.6) is 0 Å². The molecule has 0 amide bonds. The van der Waals surface area contributed by atoms with E-state index >= 15 is 0 Å². The fourth-order valence-corrected chi connectivity index (χ4v) is 2.37. The van der Waals surface area contributed by atoms with Gasteiger partial charge in [0.2, 0.25) is 0 Å². The molecule has 0 spiro atoms. The van der Waals surface area contributed by atoms with E-state index in [9.17, 15) is 4.79 Å². The number of ether oxygens (including phenoxy) is 1. The van der Waals surface area contributed by atoms with E-state index < -0.39 is 0 Å². The lowest BCUT2D eigenvalue weighted by molar-refractivity contribution is -0.134. The summed E-state index contributed by atoms with van der Waals surface area (Å²) in [5, 5.41) is 1.89. The lowest BCUT2D eigenvalue weighted by Crippen LogP contribution is -2.20. The van der Waals surface area contributed by atoms with Gasteiger partial charge < -0.3 is 14.6 Å². The highest BCUT2D eigenvalue weighted by atomic mass is 35.5. The number of aromatic amines is 1. The van der Waals surface area contributed by atoms with Gasteiger partial charge in [0.25, 0.3) is 0 Å². The molecule has 1 aromatic carbocycles. The van der Waals surface area contributed by atoms with Crippen LogP contribution in [0, 0.1) is 0 Å². The Morgan fingerprint density at radius 3 is 3.00 bits per heavy atom. The molecule has 0 saturated heterocycles. The van der Waals surface area contributed by atoms with Crippen LogP contribution in [0.25, 0.3) is 10.9 Å². The Morgan fingerprint density at radius 2 is 2.29 bits per heavy atom. The third-order valence-corrected chi connectivity index (χ3v) is 3.66. The number of carbonyl (C=O) groups is 1. The van der Waals surface area contributed by atoms with Crippen molar-refractivity contribution in [2.75, 3.05) is 20.2 Å². The van der Waals surface area contributed by atoms with Gasteiger partial charge in [0.15, 0.2) is 0 Å². The van der Waals surface area contributed by atoms with Gasteiger partial charge in [-0.15, -0.1) is 0 Å². The number of fused-ring (bicyclic) bond motifs is 1. The van der Waals surface area contributed by atoms with Crippen molar-refractivity contribution in [1.82, 2.24) is 9.88 Å². The number of likely N-dealkylation sites (N-methyl/N-ethyl adjacent to an activating group) is 1. The van der Waals surface area contributed by atoms with Gasteiger partial charge in [-0.1, -0.05) is 11.6 Å². The van der Waals surface area contributed by atoms with Gasteiger partial charge in [-0.05, 0) is 37.1 Å². The number of carbonyl (C=O) groups excluding carboxylic acids is 1. The van der Waals surface area contributed by atoms with Crippen LogP contribution in [-0.4, -0.2) is 36.1 Å². The summed E-state index contributed by atoms with van der Waals surface area (Å²) >= 11 is 6.05. The molecule has 112 valence electrons. The van der Waals surface area contributed by atoms with E-state index in [0.717, 1.165) is 35.4 Å². The monoisotopic (exact) mass is 306 g/mol. The van der Waals surface area contributed by atoms with E-state index in [1.807, 2.05) is 31.3 Å². The minimum atomic E-state index is -0.340. The number of nitrogens with zero attached hydrogens (tertiary/aromatic N) is 1. The number of methoxy groups -OCH3 is 1. The van der Waals surface area contributed by atoms with Crippen LogP contribution in [0.2, 0.25) is 5.02 Å². The number of rotatable bonds is 6. The summed E-state index contributed by atoms with van der Waals surface area (Å²) in [6.07, 6.45) is 6.10. The van der Waals surface area contributed by atoms with Crippen molar-refractivity contribution in [3.63, 3.8) is 0 Å². The Balaban J connectivity index is 2.04. The van der Waals surface area contributed by atoms with E-state index in [0.29, 0.717) is 0 Å². The molecule has 21 heavy (non-hydrogen) atoms. The second-order valence-electron chi connectivity index (χ2n) is 4.72. The normalized spacial score (nSPS) is 11.2. The van der Waals surface area contributed by atoms with Crippen LogP contribution < -0.4 is 0 Å². The Bertz CT molecular complexity index is 649. The van der Waals surface area contributed by atoms with Crippen molar-refractivity contribution in [3.05, 3.63) is 47.3 Å². The highest BCUT2D eigenvalue weighted by Gasteiger charge is 2.06. The first-order valence-corrected chi connectivity index (χ1v) is 7.27. The van der Waals surface area contributed by atoms with Crippen molar-refractivity contribution in [2.24, 2.45) is 0 Å². The summed E-state index contributed by atoms with van der Waals surface area (Å²) in [6.45, 7) is 3.70. The molecule has 2 aromatic rings. The topological polar surface area (TPSA) is 45.3 Å². The first kappa shape index (κ1) is 15.4. The number of H-pyrrole nitrogens is 1. The zero-order valence-corrected chi connectivity index (χ0v) is 13.0. The molecule has 0 aliphatic carbocycles. The SMILES string of the molecule is CCN(/C=C/C(=O)OC)CCc1c[nH]c2ccc(Cl)cc12. The van der Waals surface area contributed by atoms with Gasteiger partial charge in [0.05, 0.1) is 7.11 Å². The molecular weight excluding hydrogens is 288 g/mol. The van der Waals surface area contributed by atoms with Crippen LogP contribution in [0.4, 0.5) is 0 Å². The third-order valence-electron chi connectivity index (χ3n) is 3.43. The van der Waals surface area contributed by atoms with E-state index in [1.165, 1.54) is 18.7 Å². The lowest BCUT2D eigenvalue weighted by Gasteiger charge is -2.17. The van der Waals surface area contributed by atoms with Crippen LogP contribution >= 0.6 is 11.6 Å². The first-order valence-electron chi connectivity index (χ1n) is 6.89. The third kappa shape index (κ3) is 4.02. The summed E-state index contributed by atoms with van der Waals surface area (Å²) < 4.78 is 4.59. The van der Waals surface area contributed by atoms with Gasteiger partial charge in [0.1, 0.15) is 0 Å². The number of hydrogen-bond donors (Lipinski definition) is 1. The van der Waals surface area contributed by atoms with E-state index in [1.54, 1.807) is 6.20 Å². The van der Waals surface area contributed by atoms with Crippen molar-refractivity contribution < 1.29 is 9.53 Å². The Hall–Kier alpha value is -1.94. The largest absolute Gasteiger partial charge is 0.466 e. The molecule has 4 nitrogen and oxygen atoms in total. The second kappa shape index (κ2) is 7.18. The number of aromatic nitrogens is 1. The molecule has 0 aliphatic heterocycles. The standard InChI is InChI=1S/C16H19ClN2O2/c1-3-19(9-7-16(20)21-2)8-6-12-11-18-15-5-4-13(17)10-14(12)15/h4-5,7,9-11,18H,3,6,8H2,1-2H3/b9-7+. The van der Waals surface area contributed by atoms with Crippen molar-refractivity contribution in [2.45, 2.75) is 13.3 Å². The van der Waals surface area contributed by atoms with Crippen molar-refractivity contribution in [1.29, 1.82) is 0 Å². The van der Waals surface area contributed by atoms with Crippen LogP contribution in [-0.2, 0) is 16.0 Å². The second-order valence-corrected chi connectivity index (χ2v) is 5.16. The quantitative estimate of drug-likeness (QED) is 0.657. The zero-order valence-electron chi connectivity index (χ0n) is 12.2. The molecule has 0 aliphatic rings. The summed E-state index contributed by atoms with van der Waals surface area (Å²) in [4.78, 5) is 16.4. The summed E-state index contributed by atoms with van der Waals surface area (Å²) in [5.74, 6) is -0.340. The van der Waals surface area contributed by atoms with Crippen LogP contribution in [0.3, 0.4) is 0 Å². The van der Waals surface area contributed by atoms with Crippen LogP contribution in [0.15, 0.2) is 36.7 Å². The molecule has 0 radical (unpaired) electrons. The molecule has 5 heteroatoms. The summed E-state index contributed by atoms with van der Waals surface area (Å²) in [6, 6.07) is 5.83.